The van der Waals surface area contributed by atoms with Crippen molar-refractivity contribution in [3.63, 3.8) is 0 Å². The van der Waals surface area contributed by atoms with Crippen LogP contribution in [0.3, 0.4) is 0 Å². The molecule has 0 spiro atoms. The molecule has 0 unspecified atom stereocenters. The Bertz CT molecular complexity index is 1260. The molecule has 0 atom stereocenters. The average Bonchev–Trinajstić information content (AvgIpc) is 3.07. The topological polar surface area (TPSA) is 83.5 Å². The van der Waals surface area contributed by atoms with Gasteiger partial charge in [0.05, 0.1) is 17.6 Å². The Morgan fingerprint density at radius 2 is 1.90 bits per heavy atom. The Kier molecular flexibility index (Phi) is 5.63. The first-order valence-electron chi connectivity index (χ1n) is 9.14. The van der Waals surface area contributed by atoms with Crippen LogP contribution >= 0.6 is 11.6 Å². The van der Waals surface area contributed by atoms with Gasteiger partial charge in [-0.2, -0.15) is 5.10 Å². The Morgan fingerprint density at radius 1 is 1.07 bits per heavy atom. The standard InChI is InChI=1S/C22H17ClN6O/c1-15-21(29-12-3-2-7-20(29)25-15)27-26-19-10-8-17(9-11-19)22(30)28-24-14-16-5-4-6-18(23)13-16/h2-14H,1H3,(H,28,30)/b24-14+,27-26?. The van der Waals surface area contributed by atoms with Crippen molar-refractivity contribution in [3.05, 3.63) is 94.8 Å². The van der Waals surface area contributed by atoms with Crippen LogP contribution in [0.2, 0.25) is 5.02 Å². The normalized spacial score (nSPS) is 11.5. The molecule has 0 fully saturated rings. The minimum atomic E-state index is -0.325. The maximum absolute atomic E-state index is 12.2. The molecular formula is C22H17ClN6O. The van der Waals surface area contributed by atoms with Crippen LogP contribution in [0.15, 0.2) is 88.3 Å². The number of aryl methyl sites for hydroxylation is 1. The third kappa shape index (κ3) is 4.42. The lowest BCUT2D eigenvalue weighted by molar-refractivity contribution is 0.0955. The number of hydrogen-bond acceptors (Lipinski definition) is 5. The lowest BCUT2D eigenvalue weighted by Crippen LogP contribution is -2.17. The maximum atomic E-state index is 12.2. The number of rotatable bonds is 5. The predicted octanol–water partition coefficient (Wildman–Crippen LogP) is 5.48. The number of amides is 1. The SMILES string of the molecule is Cc1nc2ccccn2c1N=Nc1ccc(C(=O)N/N=C/c2cccc(Cl)c2)cc1. The Labute approximate surface area is 177 Å². The fraction of sp³-hybridized carbons (Fsp3) is 0.0455. The molecule has 0 bridgehead atoms. The summed E-state index contributed by atoms with van der Waals surface area (Å²) in [5.41, 5.74) is 5.97. The second kappa shape index (κ2) is 8.67. The Hall–Kier alpha value is -3.84. The lowest BCUT2D eigenvalue weighted by atomic mass is 10.2. The van der Waals surface area contributed by atoms with Crippen LogP contribution in [0.25, 0.3) is 5.65 Å². The van der Waals surface area contributed by atoms with Gasteiger partial charge >= 0.3 is 0 Å². The van der Waals surface area contributed by atoms with Crippen molar-refractivity contribution in [1.29, 1.82) is 0 Å². The van der Waals surface area contributed by atoms with Crippen LogP contribution in [-0.2, 0) is 0 Å². The van der Waals surface area contributed by atoms with Gasteiger partial charge in [0.2, 0.25) is 0 Å². The molecule has 4 aromatic rings. The molecule has 0 aliphatic rings. The number of aromatic nitrogens is 2. The first kappa shape index (κ1) is 19.5. The van der Waals surface area contributed by atoms with Gasteiger partial charge in [-0.25, -0.2) is 10.4 Å². The Balaban J connectivity index is 1.43. The largest absolute Gasteiger partial charge is 0.283 e. The molecule has 2 heterocycles. The summed E-state index contributed by atoms with van der Waals surface area (Å²) >= 11 is 5.92. The van der Waals surface area contributed by atoms with Gasteiger partial charge in [0.15, 0.2) is 5.82 Å². The fourth-order valence-electron chi connectivity index (χ4n) is 2.82. The smallest absolute Gasteiger partial charge is 0.271 e. The van der Waals surface area contributed by atoms with Crippen LogP contribution in [0.1, 0.15) is 21.6 Å². The average molecular weight is 417 g/mol. The first-order chi connectivity index (χ1) is 14.6. The van der Waals surface area contributed by atoms with Crippen molar-refractivity contribution >= 4 is 40.9 Å². The number of azo groups is 1. The molecule has 1 amide bonds. The van der Waals surface area contributed by atoms with Crippen LogP contribution in [0, 0.1) is 6.92 Å². The summed E-state index contributed by atoms with van der Waals surface area (Å²) in [7, 11) is 0. The van der Waals surface area contributed by atoms with Crippen molar-refractivity contribution < 1.29 is 4.79 Å². The minimum Gasteiger partial charge on any atom is -0.283 e. The molecule has 4 rings (SSSR count). The van der Waals surface area contributed by atoms with E-state index in [2.05, 4.69) is 25.7 Å². The Morgan fingerprint density at radius 3 is 2.70 bits per heavy atom. The lowest BCUT2D eigenvalue weighted by Gasteiger charge is -2.00. The summed E-state index contributed by atoms with van der Waals surface area (Å²) in [6.07, 6.45) is 3.42. The van der Waals surface area contributed by atoms with Gasteiger partial charge in [-0.15, -0.1) is 10.2 Å². The summed E-state index contributed by atoms with van der Waals surface area (Å²) < 4.78 is 1.87. The molecule has 2 aromatic heterocycles. The van der Waals surface area contributed by atoms with E-state index in [0.29, 0.717) is 22.1 Å². The summed E-state index contributed by atoms with van der Waals surface area (Å²) in [6.45, 7) is 1.89. The molecule has 0 radical (unpaired) electrons. The highest BCUT2D eigenvalue weighted by Gasteiger charge is 2.07. The van der Waals surface area contributed by atoms with Crippen molar-refractivity contribution in [2.24, 2.45) is 15.3 Å². The molecule has 30 heavy (non-hydrogen) atoms. The summed E-state index contributed by atoms with van der Waals surface area (Å²) in [5, 5.41) is 13.1. The van der Waals surface area contributed by atoms with E-state index < -0.39 is 0 Å². The van der Waals surface area contributed by atoms with Gasteiger partial charge in [-0.3, -0.25) is 9.20 Å². The molecule has 0 saturated heterocycles. The fourth-order valence-corrected chi connectivity index (χ4v) is 3.02. The number of halogens is 1. The molecular weight excluding hydrogens is 400 g/mol. The molecule has 8 heteroatoms. The van der Waals surface area contributed by atoms with E-state index >= 15 is 0 Å². The van der Waals surface area contributed by atoms with Gasteiger partial charge in [0, 0.05) is 16.8 Å². The monoisotopic (exact) mass is 416 g/mol. The summed E-state index contributed by atoms with van der Waals surface area (Å²) in [4.78, 5) is 16.7. The molecule has 1 N–H and O–H groups in total. The highest BCUT2D eigenvalue weighted by atomic mass is 35.5. The van der Waals surface area contributed by atoms with Crippen molar-refractivity contribution in [1.82, 2.24) is 14.8 Å². The van der Waals surface area contributed by atoms with Crippen LogP contribution < -0.4 is 5.43 Å². The van der Waals surface area contributed by atoms with E-state index in [9.17, 15) is 4.79 Å². The number of hydrazone groups is 1. The number of carbonyl (C=O) groups is 1. The summed E-state index contributed by atoms with van der Waals surface area (Å²) in [6, 6.07) is 19.7. The summed E-state index contributed by atoms with van der Waals surface area (Å²) in [5.74, 6) is 0.345. The van der Waals surface area contributed by atoms with Crippen molar-refractivity contribution in [3.8, 4) is 0 Å². The third-order valence-electron chi connectivity index (χ3n) is 4.29. The van der Waals surface area contributed by atoms with Crippen molar-refractivity contribution in [2.75, 3.05) is 0 Å². The molecule has 7 nitrogen and oxygen atoms in total. The number of pyridine rings is 1. The zero-order valence-electron chi connectivity index (χ0n) is 16.0. The van der Waals surface area contributed by atoms with Gasteiger partial charge in [0.1, 0.15) is 5.65 Å². The first-order valence-corrected chi connectivity index (χ1v) is 9.52. The van der Waals surface area contributed by atoms with E-state index in [0.717, 1.165) is 16.9 Å². The number of benzene rings is 2. The number of carbonyl (C=O) groups excluding carboxylic acids is 1. The van der Waals surface area contributed by atoms with Crippen molar-refractivity contribution in [2.45, 2.75) is 6.92 Å². The second-order valence-corrected chi connectivity index (χ2v) is 6.89. The molecule has 0 aliphatic carbocycles. The quantitative estimate of drug-likeness (QED) is 0.265. The number of imidazole rings is 1. The molecule has 0 saturated carbocycles. The molecule has 0 aliphatic heterocycles. The number of hydrogen-bond donors (Lipinski definition) is 1. The zero-order chi connectivity index (χ0) is 20.9. The molecule has 148 valence electrons. The van der Waals surface area contributed by atoms with Crippen LogP contribution in [0.4, 0.5) is 11.5 Å². The highest BCUT2D eigenvalue weighted by Crippen LogP contribution is 2.23. The second-order valence-electron chi connectivity index (χ2n) is 6.45. The van der Waals surface area contributed by atoms with E-state index in [1.54, 1.807) is 36.4 Å². The number of nitrogens with zero attached hydrogens (tertiary/aromatic N) is 5. The minimum absolute atomic E-state index is 0.325. The maximum Gasteiger partial charge on any atom is 0.271 e. The van der Waals surface area contributed by atoms with E-state index in [1.807, 2.05) is 47.9 Å². The van der Waals surface area contributed by atoms with Crippen LogP contribution in [-0.4, -0.2) is 21.5 Å². The van der Waals surface area contributed by atoms with E-state index in [4.69, 9.17) is 11.6 Å². The van der Waals surface area contributed by atoms with E-state index in [-0.39, 0.29) is 5.91 Å². The van der Waals surface area contributed by atoms with Gasteiger partial charge in [-0.05, 0) is 61.0 Å². The van der Waals surface area contributed by atoms with Crippen LogP contribution in [0.5, 0.6) is 0 Å². The highest BCUT2D eigenvalue weighted by molar-refractivity contribution is 6.30. The third-order valence-corrected chi connectivity index (χ3v) is 4.53. The number of nitrogens with one attached hydrogen (secondary N) is 1. The van der Waals surface area contributed by atoms with E-state index in [1.165, 1.54) is 6.21 Å². The number of fused-ring (bicyclic) bond motifs is 1. The van der Waals surface area contributed by atoms with Gasteiger partial charge < -0.3 is 0 Å². The van der Waals surface area contributed by atoms with Gasteiger partial charge in [0.25, 0.3) is 5.91 Å². The molecule has 2 aromatic carbocycles. The predicted molar refractivity (Wildman–Crippen MR) is 117 cm³/mol. The van der Waals surface area contributed by atoms with Gasteiger partial charge in [-0.1, -0.05) is 29.8 Å². The zero-order valence-corrected chi connectivity index (χ0v) is 16.8.